The van der Waals surface area contributed by atoms with Crippen LogP contribution in [0, 0.1) is 5.92 Å². The minimum absolute atomic E-state index is 0.0575. The first-order chi connectivity index (χ1) is 62.3. The summed E-state index contributed by atoms with van der Waals surface area (Å²) in [5, 5.41) is 82.8. The highest BCUT2D eigenvalue weighted by molar-refractivity contribution is 5.97. The SMILES string of the molecule is CC(C)(C)OC(=O)N1CCC(CC(=O)c2ccc(C3CC3)cc2)C(O)C1.CC(C)(C)OC(=O)N1CCC(N)C(O)C1.CC(C)(C)OC(=O)N1CCC(O)C(N)C1.CC(C)(C)OC(=O)N1CCC(O)C(NC(=O)c2ccc(C3CC3)cc2)C1.O=C(NC1CCNCC1O)c1ccc(C2CC2)cc1.O=C(NC1CNCCC1O)c1ccc(C2CC2)cc1.O=C(O)c1ccc(C2CC2)cc1. The number of aromatic carboxylic acids is 1. The number of likely N-dealkylation sites (tertiary alicyclic amines) is 4. The molecule has 6 saturated heterocycles. The minimum atomic E-state index is -0.850. The number of nitrogens with zero attached hydrogens (tertiary/aromatic N) is 4. The predicted molar refractivity (Wildman–Crippen MR) is 502 cm³/mol. The van der Waals surface area contributed by atoms with Gasteiger partial charge in [-0.25, -0.2) is 24.0 Å². The first-order valence-corrected chi connectivity index (χ1v) is 47.4. The molecule has 0 spiro atoms. The molecule has 0 radical (unpaired) electrons. The van der Waals surface area contributed by atoms with Gasteiger partial charge in [0.25, 0.3) is 17.7 Å². The molecule has 31 heteroatoms. The van der Waals surface area contributed by atoms with Crippen LogP contribution in [0.3, 0.4) is 0 Å². The monoisotopic (exact) mass is 1830 g/mol. The number of hydrogen-bond acceptors (Lipinski definition) is 23. The fraction of sp³-hybridized carbons (Fsp3) is 0.614. The Bertz CT molecular complexity index is 4440. The predicted octanol–water partition coefficient (Wildman–Crippen LogP) is 11.3. The van der Waals surface area contributed by atoms with Crippen LogP contribution >= 0.6 is 0 Å². The zero-order valence-electron chi connectivity index (χ0n) is 79.2. The maximum absolute atomic E-state index is 12.5. The van der Waals surface area contributed by atoms with Crippen LogP contribution in [-0.2, 0) is 18.9 Å². The first kappa shape index (κ1) is 104. The standard InChI is InChI=1S/C21H29NO4.C20H28N2O4.2C15H20N2O2.2C10H20N2O3.C10H10O2/c1-21(2,3)26-20(25)22-11-10-17(19(24)13-22)12-18(23)16-8-6-15(7-9-16)14-4-5-14;1-20(2,3)26-19(25)22-11-10-17(23)16(12-22)21-18(24)15-8-6-14(7-9-15)13-4-5-13;18-14-7-8-16-9-13(14)17-15(19)12-5-3-11(4-6-12)10-1-2-10;18-14-9-16-8-7-13(14)17-15(19)12-5-3-11(4-6-12)10-1-2-10;1-10(2,3)15-9(14)12-5-4-8(13)7(11)6-12;1-10(2,3)15-9(14)12-5-4-7(11)8(13)6-12;11-10(12)9-5-3-8(4-6-9)7-1-2-7/h6-9,14,17,19,24H,4-5,10-13H2,1-3H3;6-9,13,16-17,23H,4-5,10-12H2,1-3H3,(H,21,24);2*3-6,10,13-14,16,18H,1-2,7-9H2,(H,17,19);2*7-8,13H,4-6,11H2,1-3H3;3-7H,1-2H2,(H,11,12). The summed E-state index contributed by atoms with van der Waals surface area (Å²) in [4.78, 5) is 113. The Hall–Kier alpha value is -9.67. The Morgan fingerprint density at radius 2 is 0.636 bits per heavy atom. The summed E-state index contributed by atoms with van der Waals surface area (Å²) < 4.78 is 21.1. The lowest BCUT2D eigenvalue weighted by Crippen LogP contribution is -2.57. The number of β-amino-alcohol motifs (C(OH)–C–C–N with tert-alkyl or cyclic N) is 3. The van der Waals surface area contributed by atoms with Gasteiger partial charge >= 0.3 is 30.3 Å². The van der Waals surface area contributed by atoms with Crippen LogP contribution in [0.1, 0.15) is 301 Å². The number of piperidine rings is 6. The van der Waals surface area contributed by atoms with E-state index in [0.717, 1.165) is 19.5 Å². The Kier molecular flexibility index (Phi) is 37.6. The average Bonchev–Trinajstić information content (AvgIpc) is 1.77. The molecule has 6 aliphatic heterocycles. The molecular weight excluding hydrogens is 1690 g/mol. The molecule has 6 heterocycles. The number of ether oxygens (including phenoxy) is 4. The fourth-order valence-corrected chi connectivity index (χ4v) is 15.9. The van der Waals surface area contributed by atoms with E-state index in [1.807, 2.05) is 192 Å². The normalized spacial score (nSPS) is 24.8. The summed E-state index contributed by atoms with van der Waals surface area (Å²) in [6, 6.07) is 37.0. The molecule has 726 valence electrons. The van der Waals surface area contributed by atoms with E-state index < -0.39 is 83.2 Å². The summed E-state index contributed by atoms with van der Waals surface area (Å²) in [5.74, 6) is 2.11. The van der Waals surface area contributed by atoms with Crippen LogP contribution in [0.15, 0.2) is 121 Å². The van der Waals surface area contributed by atoms with Crippen LogP contribution in [0.25, 0.3) is 0 Å². The summed E-state index contributed by atoms with van der Waals surface area (Å²) in [6.45, 7) is 27.7. The highest BCUT2D eigenvalue weighted by Gasteiger charge is 2.39. The maximum atomic E-state index is 12.5. The van der Waals surface area contributed by atoms with Gasteiger partial charge in [0, 0.05) is 93.1 Å². The van der Waals surface area contributed by atoms with Crippen molar-refractivity contribution in [2.75, 3.05) is 78.5 Å². The van der Waals surface area contributed by atoms with Gasteiger partial charge in [-0.2, -0.15) is 0 Å². The number of benzene rings is 5. The molecule has 0 aromatic heterocycles. The molecule has 16 rings (SSSR count). The van der Waals surface area contributed by atoms with Crippen molar-refractivity contribution in [2.45, 2.75) is 311 Å². The Morgan fingerprint density at radius 3 is 0.985 bits per heavy atom. The second-order valence-corrected chi connectivity index (χ2v) is 41.0. The molecule has 12 unspecified atom stereocenters. The van der Waals surface area contributed by atoms with Gasteiger partial charge in [0.05, 0.1) is 73.4 Å². The van der Waals surface area contributed by atoms with Crippen LogP contribution in [0.4, 0.5) is 19.2 Å². The molecule has 7 amide bonds. The molecule has 5 aromatic carbocycles. The smallest absolute Gasteiger partial charge is 0.410 e. The van der Waals surface area contributed by atoms with E-state index in [0.29, 0.717) is 142 Å². The molecule has 0 bridgehead atoms. The number of nitrogens with two attached hydrogens (primary N) is 2. The number of hydrogen-bond donors (Lipinski definition) is 14. The number of rotatable bonds is 15. The summed E-state index contributed by atoms with van der Waals surface area (Å²) in [5.41, 5.74) is 18.7. The Balaban J connectivity index is 0.000000162. The van der Waals surface area contributed by atoms with E-state index in [1.165, 1.54) is 102 Å². The number of Topliss-reactive ketones (excluding diaryl/α,β-unsaturated/α-hetero) is 1. The zero-order chi connectivity index (χ0) is 96.1. The molecule has 16 N–H and O–H groups in total. The zero-order valence-corrected chi connectivity index (χ0v) is 79.2. The average molecular weight is 1840 g/mol. The Morgan fingerprint density at radius 1 is 0.326 bits per heavy atom. The number of ketones is 1. The number of carboxylic acid groups (broad SMARTS) is 1. The second-order valence-electron chi connectivity index (χ2n) is 41.0. The molecule has 132 heavy (non-hydrogen) atoms. The summed E-state index contributed by atoms with van der Waals surface area (Å²) in [7, 11) is 0. The lowest BCUT2D eigenvalue weighted by atomic mass is 9.87. The third-order valence-corrected chi connectivity index (χ3v) is 24.6. The topological polar surface area (TPSA) is 457 Å². The molecule has 5 aliphatic carbocycles. The van der Waals surface area contributed by atoms with Gasteiger partial charge in [0.1, 0.15) is 22.4 Å². The number of carbonyl (C=O) groups is 9. The van der Waals surface area contributed by atoms with Gasteiger partial charge in [0.2, 0.25) is 0 Å². The largest absolute Gasteiger partial charge is 0.478 e. The van der Waals surface area contributed by atoms with Gasteiger partial charge in [-0.1, -0.05) is 72.8 Å². The Labute approximate surface area is 777 Å². The van der Waals surface area contributed by atoms with Crippen LogP contribution < -0.4 is 38.1 Å². The molecular formula is C101H147N11O20. The third kappa shape index (κ3) is 35.0. The number of aliphatic hydroxyl groups is 6. The molecule has 31 nitrogen and oxygen atoms in total. The van der Waals surface area contributed by atoms with E-state index in [1.54, 1.807) is 21.9 Å². The highest BCUT2D eigenvalue weighted by atomic mass is 16.6. The number of aliphatic hydroxyl groups excluding tert-OH is 6. The van der Waals surface area contributed by atoms with Gasteiger partial charge in [-0.3, -0.25) is 19.2 Å². The van der Waals surface area contributed by atoms with Crippen LogP contribution in [0.5, 0.6) is 0 Å². The van der Waals surface area contributed by atoms with Crippen molar-refractivity contribution in [1.82, 2.24) is 46.2 Å². The number of amides is 7. The van der Waals surface area contributed by atoms with Crippen LogP contribution in [0.2, 0.25) is 0 Å². The van der Waals surface area contributed by atoms with Crippen molar-refractivity contribution in [3.05, 3.63) is 177 Å². The van der Waals surface area contributed by atoms with Crippen molar-refractivity contribution in [2.24, 2.45) is 17.4 Å². The van der Waals surface area contributed by atoms with E-state index in [2.05, 4.69) is 26.6 Å². The number of carboxylic acids is 1. The van der Waals surface area contributed by atoms with Crippen molar-refractivity contribution >= 4 is 53.8 Å². The quantitative estimate of drug-likeness (QED) is 0.0342. The maximum Gasteiger partial charge on any atom is 0.410 e. The minimum Gasteiger partial charge on any atom is -0.478 e. The molecule has 5 aromatic rings. The van der Waals surface area contributed by atoms with E-state index >= 15 is 0 Å². The van der Waals surface area contributed by atoms with Gasteiger partial charge < -0.3 is 112 Å². The van der Waals surface area contributed by atoms with Crippen molar-refractivity contribution < 1.29 is 97.8 Å². The molecule has 11 fully saturated rings. The molecule has 11 aliphatic rings. The summed E-state index contributed by atoms with van der Waals surface area (Å²) >= 11 is 0. The number of carbonyl (C=O) groups excluding carboxylic acids is 8. The lowest BCUT2D eigenvalue weighted by molar-refractivity contribution is -0.0130. The van der Waals surface area contributed by atoms with Gasteiger partial charge in [0.15, 0.2) is 5.78 Å². The first-order valence-electron chi connectivity index (χ1n) is 47.4. The fourth-order valence-electron chi connectivity index (χ4n) is 15.9. The lowest BCUT2D eigenvalue weighted by Gasteiger charge is -2.37. The highest BCUT2D eigenvalue weighted by Crippen LogP contribution is 2.44. The van der Waals surface area contributed by atoms with Crippen molar-refractivity contribution in [3.63, 3.8) is 0 Å². The van der Waals surface area contributed by atoms with Gasteiger partial charge in [-0.15, -0.1) is 0 Å². The third-order valence-electron chi connectivity index (χ3n) is 24.6. The van der Waals surface area contributed by atoms with Crippen molar-refractivity contribution in [1.29, 1.82) is 0 Å². The molecule has 5 saturated carbocycles. The van der Waals surface area contributed by atoms with E-state index in [4.69, 9.17) is 35.5 Å². The van der Waals surface area contributed by atoms with E-state index in [-0.39, 0.29) is 85.4 Å². The van der Waals surface area contributed by atoms with E-state index in [9.17, 15) is 73.8 Å². The van der Waals surface area contributed by atoms with Gasteiger partial charge in [-0.05, 0) is 311 Å². The summed E-state index contributed by atoms with van der Waals surface area (Å²) in [6.07, 6.45) is 11.4. The van der Waals surface area contributed by atoms with Crippen LogP contribution in [-0.4, -0.2) is 277 Å². The second kappa shape index (κ2) is 47.5. The number of nitrogens with one attached hydrogen (secondary N) is 5. The van der Waals surface area contributed by atoms with Crippen molar-refractivity contribution in [3.8, 4) is 0 Å². The molecule has 12 atom stereocenters.